The van der Waals surface area contributed by atoms with Gasteiger partial charge in [0.05, 0.1) is 16.8 Å². The number of thiazole rings is 1. The van der Waals surface area contributed by atoms with Crippen LogP contribution in [-0.4, -0.2) is 36.8 Å². The second-order valence-corrected chi connectivity index (χ2v) is 7.72. The number of urea groups is 1. The van der Waals surface area contributed by atoms with Crippen molar-refractivity contribution in [3.8, 4) is 0 Å². The van der Waals surface area contributed by atoms with Crippen LogP contribution in [0.3, 0.4) is 0 Å². The fourth-order valence-electron chi connectivity index (χ4n) is 3.48. The van der Waals surface area contributed by atoms with Crippen LogP contribution in [0.1, 0.15) is 54.1 Å². The van der Waals surface area contributed by atoms with Crippen molar-refractivity contribution in [1.82, 2.24) is 15.6 Å². The Bertz CT molecular complexity index is 508. The van der Waals surface area contributed by atoms with E-state index in [0.29, 0.717) is 12.6 Å². The van der Waals surface area contributed by atoms with Gasteiger partial charge in [0.25, 0.3) is 0 Å². The summed E-state index contributed by atoms with van der Waals surface area (Å²) >= 11 is 1.87. The van der Waals surface area contributed by atoms with Crippen molar-refractivity contribution in [2.45, 2.75) is 69.9 Å². The number of carbonyl (C=O) groups excluding carboxylic acids is 1. The highest BCUT2D eigenvalue weighted by Gasteiger charge is 2.25. The lowest BCUT2D eigenvalue weighted by atomic mass is 10.0. The fourth-order valence-corrected chi connectivity index (χ4v) is 4.67. The number of hydrogen-bond donors (Lipinski definition) is 2. The maximum atomic E-state index is 11.9. The molecular formula is C17H27N3O2S. The minimum atomic E-state index is -0.0508. The molecule has 1 fully saturated rings. The summed E-state index contributed by atoms with van der Waals surface area (Å²) in [5.74, 6) is 0. The van der Waals surface area contributed by atoms with Crippen LogP contribution in [0.2, 0.25) is 0 Å². The largest absolute Gasteiger partial charge is 0.381 e. The number of aromatic nitrogens is 1. The Kier molecular flexibility index (Phi) is 5.89. The Morgan fingerprint density at radius 3 is 3.00 bits per heavy atom. The zero-order chi connectivity index (χ0) is 16.1. The van der Waals surface area contributed by atoms with Crippen LogP contribution in [0.4, 0.5) is 4.79 Å². The smallest absolute Gasteiger partial charge is 0.315 e. The van der Waals surface area contributed by atoms with E-state index in [4.69, 9.17) is 9.72 Å². The van der Waals surface area contributed by atoms with E-state index >= 15 is 0 Å². The lowest BCUT2D eigenvalue weighted by Crippen LogP contribution is -2.41. The molecule has 0 saturated heterocycles. The van der Waals surface area contributed by atoms with Gasteiger partial charge in [0.2, 0.25) is 0 Å². The van der Waals surface area contributed by atoms with Crippen LogP contribution in [0, 0.1) is 0 Å². The van der Waals surface area contributed by atoms with Crippen LogP contribution in [0.15, 0.2) is 0 Å². The summed E-state index contributed by atoms with van der Waals surface area (Å²) in [6, 6.07) is 0.204. The van der Waals surface area contributed by atoms with Crippen LogP contribution in [-0.2, 0) is 24.0 Å². The molecule has 1 saturated carbocycles. The molecule has 128 valence electrons. The average molecular weight is 337 g/mol. The SMILES string of the molecule is COC1CCC(NC(=O)NCCCc2nc3c(s2)CCCC3)C1. The van der Waals surface area contributed by atoms with Gasteiger partial charge in [-0.05, 0) is 51.4 Å². The number of rotatable bonds is 6. The Morgan fingerprint density at radius 2 is 2.22 bits per heavy atom. The minimum Gasteiger partial charge on any atom is -0.381 e. The molecule has 1 heterocycles. The summed E-state index contributed by atoms with van der Waals surface area (Å²) in [5.41, 5.74) is 1.33. The predicted molar refractivity (Wildman–Crippen MR) is 92.0 cm³/mol. The van der Waals surface area contributed by atoms with E-state index in [2.05, 4.69) is 10.6 Å². The van der Waals surface area contributed by atoms with Gasteiger partial charge >= 0.3 is 6.03 Å². The third kappa shape index (κ3) is 4.67. The number of nitrogens with one attached hydrogen (secondary N) is 2. The standard InChI is InChI=1S/C17H27N3O2S/c1-22-13-9-8-12(11-13)19-17(21)18-10-4-7-16-20-14-5-2-3-6-15(14)23-16/h12-13H,2-11H2,1H3,(H2,18,19,21). The highest BCUT2D eigenvalue weighted by atomic mass is 32.1. The number of aryl methyl sites for hydroxylation is 3. The highest BCUT2D eigenvalue weighted by Crippen LogP contribution is 2.27. The van der Waals surface area contributed by atoms with E-state index in [0.717, 1.165) is 38.5 Å². The van der Waals surface area contributed by atoms with E-state index < -0.39 is 0 Å². The number of fused-ring (bicyclic) bond motifs is 1. The summed E-state index contributed by atoms with van der Waals surface area (Å²) in [4.78, 5) is 18.1. The van der Waals surface area contributed by atoms with Crippen molar-refractivity contribution in [2.75, 3.05) is 13.7 Å². The van der Waals surface area contributed by atoms with Crippen molar-refractivity contribution >= 4 is 17.4 Å². The monoisotopic (exact) mass is 337 g/mol. The molecule has 1 aromatic rings. The molecule has 5 nitrogen and oxygen atoms in total. The molecule has 6 heteroatoms. The Morgan fingerprint density at radius 1 is 1.35 bits per heavy atom. The zero-order valence-corrected chi connectivity index (χ0v) is 14.7. The molecule has 0 aliphatic heterocycles. The van der Waals surface area contributed by atoms with Gasteiger partial charge < -0.3 is 15.4 Å². The predicted octanol–water partition coefficient (Wildman–Crippen LogP) is 2.82. The maximum absolute atomic E-state index is 11.9. The molecule has 3 rings (SSSR count). The van der Waals surface area contributed by atoms with Crippen molar-refractivity contribution in [1.29, 1.82) is 0 Å². The summed E-state index contributed by atoms with van der Waals surface area (Å²) in [6.45, 7) is 0.705. The first-order valence-electron chi connectivity index (χ1n) is 8.79. The minimum absolute atomic E-state index is 0.0508. The Labute approximate surface area is 142 Å². The molecule has 2 atom stereocenters. The van der Waals surface area contributed by atoms with Gasteiger partial charge in [-0.1, -0.05) is 0 Å². The molecule has 0 bridgehead atoms. The summed E-state index contributed by atoms with van der Waals surface area (Å²) in [5, 5.41) is 7.23. The van der Waals surface area contributed by atoms with Gasteiger partial charge in [0, 0.05) is 31.0 Å². The number of amides is 2. The molecule has 1 aromatic heterocycles. The highest BCUT2D eigenvalue weighted by molar-refractivity contribution is 7.11. The quantitative estimate of drug-likeness (QED) is 0.785. The number of hydrogen-bond acceptors (Lipinski definition) is 4. The number of carbonyl (C=O) groups is 1. The van der Waals surface area contributed by atoms with Crippen molar-refractivity contribution < 1.29 is 9.53 Å². The van der Waals surface area contributed by atoms with E-state index in [9.17, 15) is 4.79 Å². The molecular weight excluding hydrogens is 310 g/mol. The van der Waals surface area contributed by atoms with Crippen molar-refractivity contribution in [2.24, 2.45) is 0 Å². The lowest BCUT2D eigenvalue weighted by Gasteiger charge is -2.13. The van der Waals surface area contributed by atoms with Crippen molar-refractivity contribution in [3.63, 3.8) is 0 Å². The van der Waals surface area contributed by atoms with Gasteiger partial charge in [-0.3, -0.25) is 0 Å². The molecule has 2 N–H and O–H groups in total. The number of methoxy groups -OCH3 is 1. The Balaban J connectivity index is 1.32. The molecule has 0 radical (unpaired) electrons. The zero-order valence-electron chi connectivity index (χ0n) is 13.9. The molecule has 0 spiro atoms. The van der Waals surface area contributed by atoms with E-state index in [-0.39, 0.29) is 12.1 Å². The van der Waals surface area contributed by atoms with Crippen molar-refractivity contribution in [3.05, 3.63) is 15.6 Å². The van der Waals surface area contributed by atoms with Crippen LogP contribution in [0.25, 0.3) is 0 Å². The van der Waals surface area contributed by atoms with Gasteiger partial charge in [0.1, 0.15) is 0 Å². The average Bonchev–Trinajstić information content (AvgIpc) is 3.17. The summed E-state index contributed by atoms with van der Waals surface area (Å²) < 4.78 is 5.33. The maximum Gasteiger partial charge on any atom is 0.315 e. The summed E-state index contributed by atoms with van der Waals surface area (Å²) in [6.07, 6.45) is 10.1. The Hall–Kier alpha value is -1.14. The van der Waals surface area contributed by atoms with Crippen LogP contribution < -0.4 is 10.6 Å². The normalized spacial score (nSPS) is 23.5. The second-order valence-electron chi connectivity index (χ2n) is 6.56. The first kappa shape index (κ1) is 16.7. The van der Waals surface area contributed by atoms with E-state index in [1.165, 1.54) is 34.8 Å². The van der Waals surface area contributed by atoms with Gasteiger partial charge in [0.15, 0.2) is 0 Å². The van der Waals surface area contributed by atoms with Gasteiger partial charge in [-0.25, -0.2) is 9.78 Å². The van der Waals surface area contributed by atoms with E-state index in [1.807, 2.05) is 11.3 Å². The first-order chi connectivity index (χ1) is 11.2. The molecule has 2 aliphatic carbocycles. The molecule has 0 aromatic carbocycles. The molecule has 23 heavy (non-hydrogen) atoms. The van der Waals surface area contributed by atoms with Crippen LogP contribution in [0.5, 0.6) is 0 Å². The molecule has 2 amide bonds. The third-order valence-corrected chi connectivity index (χ3v) is 6.01. The lowest BCUT2D eigenvalue weighted by molar-refractivity contribution is 0.107. The fraction of sp³-hybridized carbons (Fsp3) is 0.765. The molecule has 2 aliphatic rings. The topological polar surface area (TPSA) is 63.2 Å². The third-order valence-electron chi connectivity index (χ3n) is 4.80. The van der Waals surface area contributed by atoms with Gasteiger partial charge in [-0.15, -0.1) is 11.3 Å². The molecule has 2 unspecified atom stereocenters. The number of nitrogens with zero attached hydrogens (tertiary/aromatic N) is 1. The first-order valence-corrected chi connectivity index (χ1v) is 9.61. The van der Waals surface area contributed by atoms with Gasteiger partial charge in [-0.2, -0.15) is 0 Å². The van der Waals surface area contributed by atoms with Crippen LogP contribution >= 0.6 is 11.3 Å². The van der Waals surface area contributed by atoms with E-state index in [1.54, 1.807) is 7.11 Å². The number of ether oxygens (including phenoxy) is 1. The second kappa shape index (κ2) is 8.11. The summed E-state index contributed by atoms with van der Waals surface area (Å²) in [7, 11) is 1.74.